The topological polar surface area (TPSA) is 62.3 Å². The SMILES string of the molecule is CCc1cccc(CC)c1N1CC(C(=O)Nc2nc3ccc(Cl)cc3s2)CC1=O. The van der Waals surface area contributed by atoms with Gasteiger partial charge in [-0.15, -0.1) is 0 Å². The summed E-state index contributed by atoms with van der Waals surface area (Å²) < 4.78 is 0.918. The first-order valence-electron chi connectivity index (χ1n) is 9.78. The van der Waals surface area contributed by atoms with Crippen molar-refractivity contribution < 1.29 is 9.59 Å². The minimum Gasteiger partial charge on any atom is -0.311 e. The molecule has 0 radical (unpaired) electrons. The van der Waals surface area contributed by atoms with E-state index in [0.717, 1.165) is 39.9 Å². The molecule has 1 fully saturated rings. The quantitative estimate of drug-likeness (QED) is 0.618. The maximum absolute atomic E-state index is 12.8. The molecule has 5 nitrogen and oxygen atoms in total. The van der Waals surface area contributed by atoms with E-state index >= 15 is 0 Å². The van der Waals surface area contributed by atoms with Crippen LogP contribution in [0.4, 0.5) is 10.8 Å². The van der Waals surface area contributed by atoms with E-state index in [0.29, 0.717) is 16.7 Å². The second kappa shape index (κ2) is 8.13. The number of nitrogens with zero attached hydrogens (tertiary/aromatic N) is 2. The molecule has 4 rings (SSSR count). The lowest BCUT2D eigenvalue weighted by Crippen LogP contribution is -2.29. The van der Waals surface area contributed by atoms with E-state index in [1.807, 2.05) is 18.2 Å². The van der Waals surface area contributed by atoms with Crippen molar-refractivity contribution in [2.24, 2.45) is 5.92 Å². The van der Waals surface area contributed by atoms with E-state index in [1.54, 1.807) is 11.0 Å². The molecule has 0 spiro atoms. The fraction of sp³-hybridized carbons (Fsp3) is 0.318. The number of aryl methyl sites for hydroxylation is 2. The average Bonchev–Trinajstić information content (AvgIpc) is 3.29. The molecule has 7 heteroatoms. The number of carbonyl (C=O) groups excluding carboxylic acids is 2. The second-order valence-corrected chi connectivity index (χ2v) is 8.62. The number of hydrogen-bond acceptors (Lipinski definition) is 4. The molecule has 1 aromatic heterocycles. The summed E-state index contributed by atoms with van der Waals surface area (Å²) in [7, 11) is 0. The van der Waals surface area contributed by atoms with Gasteiger partial charge in [-0.25, -0.2) is 4.98 Å². The number of para-hydroxylation sites is 1. The minimum absolute atomic E-state index is 0.00293. The third kappa shape index (κ3) is 3.87. The fourth-order valence-electron chi connectivity index (χ4n) is 3.82. The van der Waals surface area contributed by atoms with Gasteiger partial charge in [0.2, 0.25) is 11.8 Å². The molecule has 1 unspecified atom stereocenters. The van der Waals surface area contributed by atoms with Crippen molar-refractivity contribution in [3.8, 4) is 0 Å². The Hall–Kier alpha value is -2.44. The molecule has 3 aromatic rings. The molecule has 29 heavy (non-hydrogen) atoms. The lowest BCUT2D eigenvalue weighted by atomic mass is 10.0. The third-order valence-electron chi connectivity index (χ3n) is 5.31. The predicted octanol–water partition coefficient (Wildman–Crippen LogP) is 5.07. The number of anilines is 2. The van der Waals surface area contributed by atoms with Crippen LogP contribution in [0.3, 0.4) is 0 Å². The Bertz CT molecular complexity index is 1070. The zero-order valence-corrected chi connectivity index (χ0v) is 17.9. The van der Waals surface area contributed by atoms with Crippen molar-refractivity contribution in [1.29, 1.82) is 0 Å². The Morgan fingerprint density at radius 1 is 1.24 bits per heavy atom. The standard InChI is InChI=1S/C22H22ClN3O2S/c1-3-13-6-5-7-14(4-2)20(13)26-12-15(10-19(26)27)21(28)25-22-24-17-9-8-16(23)11-18(17)29-22/h5-9,11,15H,3-4,10,12H2,1-2H3,(H,24,25,28). The van der Waals surface area contributed by atoms with Crippen molar-refractivity contribution in [3.63, 3.8) is 0 Å². The van der Waals surface area contributed by atoms with Gasteiger partial charge in [0.1, 0.15) is 0 Å². The van der Waals surface area contributed by atoms with Gasteiger partial charge in [-0.2, -0.15) is 0 Å². The van der Waals surface area contributed by atoms with Crippen LogP contribution >= 0.6 is 22.9 Å². The molecule has 1 aliphatic rings. The Kier molecular flexibility index (Phi) is 5.56. The van der Waals surface area contributed by atoms with Gasteiger partial charge in [-0.3, -0.25) is 9.59 Å². The zero-order valence-electron chi connectivity index (χ0n) is 16.4. The molecular formula is C22H22ClN3O2S. The highest BCUT2D eigenvalue weighted by Gasteiger charge is 2.36. The van der Waals surface area contributed by atoms with Gasteiger partial charge >= 0.3 is 0 Å². The van der Waals surface area contributed by atoms with Crippen molar-refractivity contribution in [2.45, 2.75) is 33.1 Å². The van der Waals surface area contributed by atoms with E-state index in [9.17, 15) is 9.59 Å². The molecule has 150 valence electrons. The second-order valence-electron chi connectivity index (χ2n) is 7.16. The van der Waals surface area contributed by atoms with E-state index in [1.165, 1.54) is 11.3 Å². The maximum Gasteiger partial charge on any atom is 0.231 e. The predicted molar refractivity (Wildman–Crippen MR) is 119 cm³/mol. The molecular weight excluding hydrogens is 406 g/mol. The van der Waals surface area contributed by atoms with Gasteiger partial charge in [-0.1, -0.05) is 55.0 Å². The largest absolute Gasteiger partial charge is 0.311 e. The van der Waals surface area contributed by atoms with Crippen LogP contribution in [0, 0.1) is 5.92 Å². The Morgan fingerprint density at radius 2 is 1.97 bits per heavy atom. The Balaban J connectivity index is 1.54. The molecule has 1 atom stereocenters. The zero-order chi connectivity index (χ0) is 20.5. The number of aromatic nitrogens is 1. The van der Waals surface area contributed by atoms with Gasteiger partial charge in [0.15, 0.2) is 5.13 Å². The van der Waals surface area contributed by atoms with Gasteiger partial charge in [0.25, 0.3) is 0 Å². The van der Waals surface area contributed by atoms with Crippen LogP contribution in [0.15, 0.2) is 36.4 Å². The summed E-state index contributed by atoms with van der Waals surface area (Å²) in [5.74, 6) is -0.567. The molecule has 1 aliphatic heterocycles. The lowest BCUT2D eigenvalue weighted by Gasteiger charge is -2.23. The summed E-state index contributed by atoms with van der Waals surface area (Å²) >= 11 is 7.41. The van der Waals surface area contributed by atoms with E-state index in [-0.39, 0.29) is 18.2 Å². The van der Waals surface area contributed by atoms with Crippen molar-refractivity contribution in [2.75, 3.05) is 16.8 Å². The normalized spacial score (nSPS) is 16.6. The van der Waals surface area contributed by atoms with Crippen LogP contribution in [0.25, 0.3) is 10.2 Å². The number of benzene rings is 2. The fourth-order valence-corrected chi connectivity index (χ4v) is 4.97. The summed E-state index contributed by atoms with van der Waals surface area (Å²) in [5, 5.41) is 4.05. The molecule has 1 N–H and O–H groups in total. The number of thiazole rings is 1. The highest BCUT2D eigenvalue weighted by atomic mass is 35.5. The number of halogens is 1. The third-order valence-corrected chi connectivity index (χ3v) is 6.48. The number of carbonyl (C=O) groups is 2. The van der Waals surface area contributed by atoms with Crippen molar-refractivity contribution in [3.05, 3.63) is 52.5 Å². The maximum atomic E-state index is 12.8. The summed E-state index contributed by atoms with van der Waals surface area (Å²) in [6.07, 6.45) is 1.90. The molecule has 0 aliphatic carbocycles. The number of amides is 2. The molecule has 2 heterocycles. The van der Waals surface area contributed by atoms with Crippen LogP contribution in [-0.2, 0) is 22.4 Å². The first-order chi connectivity index (χ1) is 14.0. The van der Waals surface area contributed by atoms with Crippen molar-refractivity contribution in [1.82, 2.24) is 4.98 Å². The van der Waals surface area contributed by atoms with Crippen LogP contribution < -0.4 is 10.2 Å². The molecule has 2 amide bonds. The Morgan fingerprint density at radius 3 is 2.66 bits per heavy atom. The summed E-state index contributed by atoms with van der Waals surface area (Å²) in [6, 6.07) is 11.6. The van der Waals surface area contributed by atoms with Crippen LogP contribution in [0.2, 0.25) is 5.02 Å². The summed E-state index contributed by atoms with van der Waals surface area (Å²) in [5.41, 5.74) is 4.05. The smallest absolute Gasteiger partial charge is 0.231 e. The van der Waals surface area contributed by atoms with Crippen LogP contribution in [0.5, 0.6) is 0 Å². The van der Waals surface area contributed by atoms with Crippen molar-refractivity contribution >= 4 is 55.8 Å². The van der Waals surface area contributed by atoms with E-state index in [4.69, 9.17) is 11.6 Å². The van der Waals surface area contributed by atoms with Crippen LogP contribution in [0.1, 0.15) is 31.4 Å². The number of rotatable bonds is 5. The lowest BCUT2D eigenvalue weighted by molar-refractivity contribution is -0.122. The average molecular weight is 428 g/mol. The van der Waals surface area contributed by atoms with E-state index < -0.39 is 5.92 Å². The number of fused-ring (bicyclic) bond motifs is 1. The molecule has 1 saturated heterocycles. The Labute approximate surface area is 178 Å². The van der Waals surface area contributed by atoms with Crippen LogP contribution in [-0.4, -0.2) is 23.3 Å². The molecule has 2 aromatic carbocycles. The highest BCUT2D eigenvalue weighted by Crippen LogP contribution is 2.33. The summed E-state index contributed by atoms with van der Waals surface area (Å²) in [4.78, 5) is 31.9. The summed E-state index contributed by atoms with van der Waals surface area (Å²) in [6.45, 7) is 4.57. The van der Waals surface area contributed by atoms with Gasteiger partial charge < -0.3 is 10.2 Å². The van der Waals surface area contributed by atoms with Gasteiger partial charge in [0, 0.05) is 23.7 Å². The first kappa shape index (κ1) is 19.9. The molecule has 0 bridgehead atoms. The minimum atomic E-state index is -0.396. The van der Waals surface area contributed by atoms with Gasteiger partial charge in [-0.05, 0) is 42.2 Å². The van der Waals surface area contributed by atoms with E-state index in [2.05, 4.69) is 36.3 Å². The number of hydrogen-bond donors (Lipinski definition) is 1. The highest BCUT2D eigenvalue weighted by molar-refractivity contribution is 7.22. The first-order valence-corrected chi connectivity index (χ1v) is 11.0. The monoisotopic (exact) mass is 427 g/mol. The number of nitrogens with one attached hydrogen (secondary N) is 1. The van der Waals surface area contributed by atoms with Gasteiger partial charge in [0.05, 0.1) is 16.1 Å². The molecule has 0 saturated carbocycles.